The molecule has 2 aromatic rings. The summed E-state index contributed by atoms with van der Waals surface area (Å²) in [7, 11) is -3.45. The molecule has 0 heterocycles. The van der Waals surface area contributed by atoms with Gasteiger partial charge in [-0.25, -0.2) is 4.39 Å². The molecule has 0 aliphatic rings. The van der Waals surface area contributed by atoms with Crippen LogP contribution in [0.3, 0.4) is 0 Å². The number of hydrogen-bond acceptors (Lipinski definition) is 4. The van der Waals surface area contributed by atoms with Crippen molar-refractivity contribution < 1.29 is 34.9 Å². The number of rotatable bonds is 4. The van der Waals surface area contributed by atoms with Gasteiger partial charge >= 0.3 is 16.3 Å². The maximum absolute atomic E-state index is 13.7. The summed E-state index contributed by atoms with van der Waals surface area (Å²) in [5, 5.41) is 0. The van der Waals surface area contributed by atoms with Crippen molar-refractivity contribution in [2.45, 2.75) is 11.1 Å². The van der Waals surface area contributed by atoms with Crippen LogP contribution in [0.25, 0.3) is 0 Å². The van der Waals surface area contributed by atoms with Crippen molar-refractivity contribution in [2.24, 2.45) is 0 Å². The predicted octanol–water partition coefficient (Wildman–Crippen LogP) is 3.62. The minimum absolute atomic E-state index is 0.185. The third kappa shape index (κ3) is 3.92. The molecule has 23 heavy (non-hydrogen) atoms. The van der Waals surface area contributed by atoms with E-state index in [1.165, 1.54) is 31.4 Å². The molecule has 0 saturated heterocycles. The largest absolute Gasteiger partial charge is 0.497 e. The summed E-state index contributed by atoms with van der Waals surface area (Å²) in [6.45, 7) is 0. The molecular weight excluding hydrogens is 340 g/mol. The van der Waals surface area contributed by atoms with Gasteiger partial charge in [0.1, 0.15) is 22.2 Å². The van der Waals surface area contributed by atoms with Gasteiger partial charge in [0.15, 0.2) is 0 Å². The SMILES string of the molecule is COc1cccc(OS(=O)(=O)c2cc(C(F)(F)F)ccc2F)c1. The molecule has 0 atom stereocenters. The van der Waals surface area contributed by atoms with Crippen LogP contribution in [0.15, 0.2) is 47.4 Å². The van der Waals surface area contributed by atoms with Crippen LogP contribution in [0.4, 0.5) is 17.6 Å². The van der Waals surface area contributed by atoms with E-state index in [0.29, 0.717) is 12.1 Å². The molecule has 0 amide bonds. The summed E-state index contributed by atoms with van der Waals surface area (Å²) < 4.78 is 85.2. The molecule has 0 bridgehead atoms. The van der Waals surface area contributed by atoms with Crippen molar-refractivity contribution in [1.29, 1.82) is 0 Å². The summed E-state index contributed by atoms with van der Waals surface area (Å²) in [6, 6.07) is 6.40. The number of ether oxygens (including phenoxy) is 1. The van der Waals surface area contributed by atoms with Crippen LogP contribution >= 0.6 is 0 Å². The lowest BCUT2D eigenvalue weighted by atomic mass is 10.2. The summed E-state index contributed by atoms with van der Waals surface area (Å²) in [5.74, 6) is -1.30. The Kier molecular flexibility index (Phi) is 4.51. The minimum atomic E-state index is -4.81. The number of hydrogen-bond donors (Lipinski definition) is 0. The maximum Gasteiger partial charge on any atom is 0.416 e. The first-order valence-corrected chi connectivity index (χ1v) is 7.49. The normalized spacial score (nSPS) is 12.0. The second-order valence-corrected chi connectivity index (χ2v) is 5.87. The van der Waals surface area contributed by atoms with Gasteiger partial charge in [-0.05, 0) is 30.3 Å². The van der Waals surface area contributed by atoms with Crippen LogP contribution in [0, 0.1) is 5.82 Å². The molecular formula is C14H10F4O4S. The Balaban J connectivity index is 2.43. The Morgan fingerprint density at radius 3 is 2.26 bits per heavy atom. The molecule has 0 fully saturated rings. The fraction of sp³-hybridized carbons (Fsp3) is 0.143. The highest BCUT2D eigenvalue weighted by atomic mass is 32.2. The van der Waals surface area contributed by atoms with E-state index in [1.54, 1.807) is 0 Å². The molecule has 0 radical (unpaired) electrons. The molecule has 0 aliphatic heterocycles. The lowest BCUT2D eigenvalue weighted by Crippen LogP contribution is -2.14. The third-order valence-corrected chi connectivity index (χ3v) is 4.04. The monoisotopic (exact) mass is 350 g/mol. The molecule has 2 rings (SSSR count). The Hall–Kier alpha value is -2.29. The summed E-state index contributed by atoms with van der Waals surface area (Å²) in [4.78, 5) is -1.20. The van der Waals surface area contributed by atoms with E-state index >= 15 is 0 Å². The average Bonchev–Trinajstić information content (AvgIpc) is 2.46. The van der Waals surface area contributed by atoms with E-state index in [4.69, 9.17) is 4.74 Å². The lowest BCUT2D eigenvalue weighted by molar-refractivity contribution is -0.137. The van der Waals surface area contributed by atoms with Crippen LogP contribution in [0.1, 0.15) is 5.56 Å². The number of methoxy groups -OCH3 is 1. The summed E-state index contributed by atoms with van der Waals surface area (Å²) >= 11 is 0. The lowest BCUT2D eigenvalue weighted by Gasteiger charge is -2.11. The van der Waals surface area contributed by atoms with Crippen molar-refractivity contribution in [3.8, 4) is 11.5 Å². The highest BCUT2D eigenvalue weighted by Gasteiger charge is 2.33. The van der Waals surface area contributed by atoms with Crippen LogP contribution in [0.5, 0.6) is 11.5 Å². The van der Waals surface area contributed by atoms with Gasteiger partial charge in [0.25, 0.3) is 0 Å². The zero-order chi connectivity index (χ0) is 17.3. The van der Waals surface area contributed by atoms with Crippen LogP contribution in [0.2, 0.25) is 0 Å². The van der Waals surface area contributed by atoms with Gasteiger partial charge in [-0.1, -0.05) is 6.07 Å². The summed E-state index contributed by atoms with van der Waals surface area (Å²) in [5.41, 5.74) is -1.30. The molecule has 0 spiro atoms. The number of benzene rings is 2. The van der Waals surface area contributed by atoms with Gasteiger partial charge in [-0.3, -0.25) is 0 Å². The molecule has 4 nitrogen and oxygen atoms in total. The molecule has 9 heteroatoms. The highest BCUT2D eigenvalue weighted by molar-refractivity contribution is 7.87. The Labute approximate surface area is 129 Å². The van der Waals surface area contributed by atoms with Gasteiger partial charge in [0, 0.05) is 6.07 Å². The molecule has 0 N–H and O–H groups in total. The van der Waals surface area contributed by atoms with Crippen LogP contribution in [-0.2, 0) is 16.3 Å². The fourth-order valence-corrected chi connectivity index (χ4v) is 2.72. The number of alkyl halides is 3. The van der Waals surface area contributed by atoms with E-state index in [9.17, 15) is 26.0 Å². The first-order chi connectivity index (χ1) is 10.6. The Bertz CT molecular complexity index is 816. The van der Waals surface area contributed by atoms with Gasteiger partial charge in [-0.15, -0.1) is 0 Å². The first-order valence-electron chi connectivity index (χ1n) is 6.09. The molecule has 0 unspecified atom stereocenters. The van der Waals surface area contributed by atoms with E-state index in [1.807, 2.05) is 0 Å². The van der Waals surface area contributed by atoms with Gasteiger partial charge < -0.3 is 8.92 Å². The molecule has 0 aromatic heterocycles. The Morgan fingerprint density at radius 2 is 1.65 bits per heavy atom. The standard InChI is InChI=1S/C14H10F4O4S/c1-21-10-3-2-4-11(8-10)22-23(19,20)13-7-9(14(16,17)18)5-6-12(13)15/h2-8H,1H3. The predicted molar refractivity (Wildman–Crippen MR) is 72.2 cm³/mol. The van der Waals surface area contributed by atoms with E-state index in [2.05, 4.69) is 4.18 Å². The molecule has 0 saturated carbocycles. The molecule has 124 valence electrons. The average molecular weight is 350 g/mol. The second-order valence-electron chi connectivity index (χ2n) is 4.36. The molecule has 0 aliphatic carbocycles. The van der Waals surface area contributed by atoms with E-state index in [-0.39, 0.29) is 17.6 Å². The van der Waals surface area contributed by atoms with Gasteiger partial charge in [0.05, 0.1) is 12.7 Å². The van der Waals surface area contributed by atoms with Crippen molar-refractivity contribution in [3.63, 3.8) is 0 Å². The molecule has 2 aromatic carbocycles. The third-order valence-electron chi connectivity index (χ3n) is 2.78. The minimum Gasteiger partial charge on any atom is -0.497 e. The highest BCUT2D eigenvalue weighted by Crippen LogP contribution is 2.32. The first kappa shape index (κ1) is 17.1. The summed E-state index contributed by atoms with van der Waals surface area (Å²) in [6.07, 6.45) is -4.81. The second kappa shape index (κ2) is 6.07. The van der Waals surface area contributed by atoms with Crippen LogP contribution in [-0.4, -0.2) is 15.5 Å². The Morgan fingerprint density at radius 1 is 1.00 bits per heavy atom. The fourth-order valence-electron chi connectivity index (χ4n) is 1.70. The topological polar surface area (TPSA) is 52.6 Å². The van der Waals surface area contributed by atoms with Gasteiger partial charge in [0.2, 0.25) is 0 Å². The van der Waals surface area contributed by atoms with Crippen molar-refractivity contribution in [1.82, 2.24) is 0 Å². The van der Waals surface area contributed by atoms with E-state index < -0.39 is 32.6 Å². The van der Waals surface area contributed by atoms with Crippen molar-refractivity contribution in [3.05, 3.63) is 53.8 Å². The number of halogens is 4. The van der Waals surface area contributed by atoms with Crippen LogP contribution < -0.4 is 8.92 Å². The maximum atomic E-state index is 13.7. The van der Waals surface area contributed by atoms with Crippen molar-refractivity contribution in [2.75, 3.05) is 7.11 Å². The quantitative estimate of drug-likeness (QED) is 0.624. The zero-order valence-electron chi connectivity index (χ0n) is 11.6. The zero-order valence-corrected chi connectivity index (χ0v) is 12.4. The van der Waals surface area contributed by atoms with Crippen molar-refractivity contribution >= 4 is 10.1 Å². The smallest absolute Gasteiger partial charge is 0.416 e. The van der Waals surface area contributed by atoms with E-state index in [0.717, 1.165) is 0 Å². The van der Waals surface area contributed by atoms with Gasteiger partial charge in [-0.2, -0.15) is 21.6 Å².